The number of ketones is 1. The second kappa shape index (κ2) is 8.62. The highest BCUT2D eigenvalue weighted by Gasteiger charge is 2.32. The van der Waals surface area contributed by atoms with Crippen molar-refractivity contribution in [2.75, 3.05) is 7.11 Å². The van der Waals surface area contributed by atoms with Crippen LogP contribution in [0.3, 0.4) is 0 Å². The summed E-state index contributed by atoms with van der Waals surface area (Å²) >= 11 is 0. The van der Waals surface area contributed by atoms with Crippen molar-refractivity contribution >= 4 is 11.8 Å². The van der Waals surface area contributed by atoms with Gasteiger partial charge >= 0.3 is 5.97 Å². The van der Waals surface area contributed by atoms with E-state index in [1.807, 2.05) is 38.2 Å². The van der Waals surface area contributed by atoms with Crippen molar-refractivity contribution in [2.45, 2.75) is 47.5 Å². The van der Waals surface area contributed by atoms with E-state index in [0.717, 1.165) is 35.1 Å². The van der Waals surface area contributed by atoms with Crippen LogP contribution in [-0.2, 0) is 14.3 Å². The summed E-state index contributed by atoms with van der Waals surface area (Å²) in [6.45, 7) is 9.87. The van der Waals surface area contributed by atoms with Crippen LogP contribution in [0.1, 0.15) is 47.5 Å². The highest BCUT2D eigenvalue weighted by Crippen LogP contribution is 2.43. The molecule has 0 spiro atoms. The first-order valence-electron chi connectivity index (χ1n) is 8.21. The first-order valence-corrected chi connectivity index (χ1v) is 8.21. The largest absolute Gasteiger partial charge is 0.466 e. The molecule has 24 heavy (non-hydrogen) atoms. The fourth-order valence-electron chi connectivity index (χ4n) is 2.72. The molecule has 0 fully saturated rings. The average molecular weight is 328 g/mol. The standard InChI is InChI=1S/C21H28O3/c1-15(8-7-9-16(2)14-20(23)24-6)10-11-19-18(17(3)22)12-13-21(19,4)5/h7-11,14H,12-13H2,1-6H3/b9-7+,11-10+,15-8+,16-14+. The topological polar surface area (TPSA) is 43.4 Å². The van der Waals surface area contributed by atoms with Crippen LogP contribution in [-0.4, -0.2) is 18.9 Å². The van der Waals surface area contributed by atoms with E-state index in [4.69, 9.17) is 0 Å². The Morgan fingerprint density at radius 3 is 2.33 bits per heavy atom. The summed E-state index contributed by atoms with van der Waals surface area (Å²) in [7, 11) is 1.36. The molecule has 0 unspecified atom stereocenters. The van der Waals surface area contributed by atoms with Gasteiger partial charge in [-0.1, -0.05) is 49.8 Å². The molecule has 1 rings (SSSR count). The second-order valence-electron chi connectivity index (χ2n) is 6.85. The summed E-state index contributed by atoms with van der Waals surface area (Å²) in [5.41, 5.74) is 4.06. The van der Waals surface area contributed by atoms with Crippen LogP contribution >= 0.6 is 0 Å². The Balaban J connectivity index is 2.86. The molecule has 0 aromatic heterocycles. The molecular formula is C21H28O3. The Kier molecular flexibility index (Phi) is 7.15. The second-order valence-corrected chi connectivity index (χ2v) is 6.85. The first-order chi connectivity index (χ1) is 11.2. The Morgan fingerprint density at radius 1 is 1.08 bits per heavy atom. The van der Waals surface area contributed by atoms with E-state index in [-0.39, 0.29) is 17.2 Å². The van der Waals surface area contributed by atoms with Crippen molar-refractivity contribution in [3.63, 3.8) is 0 Å². The molecule has 1 aliphatic rings. The zero-order valence-corrected chi connectivity index (χ0v) is 15.6. The fourth-order valence-corrected chi connectivity index (χ4v) is 2.72. The Labute approximate surface area is 145 Å². The summed E-state index contributed by atoms with van der Waals surface area (Å²) in [6, 6.07) is 0. The fraction of sp³-hybridized carbons (Fsp3) is 0.429. The summed E-state index contributed by atoms with van der Waals surface area (Å²) in [5, 5.41) is 0. The van der Waals surface area contributed by atoms with Crippen molar-refractivity contribution in [1.82, 2.24) is 0 Å². The Morgan fingerprint density at radius 2 is 1.75 bits per heavy atom. The number of rotatable bonds is 6. The third kappa shape index (κ3) is 5.80. The van der Waals surface area contributed by atoms with E-state index in [9.17, 15) is 9.59 Å². The molecule has 0 radical (unpaired) electrons. The summed E-state index contributed by atoms with van der Waals surface area (Å²) in [4.78, 5) is 22.9. The van der Waals surface area contributed by atoms with Crippen molar-refractivity contribution in [2.24, 2.45) is 5.41 Å². The lowest BCUT2D eigenvalue weighted by Gasteiger charge is -2.20. The Hall–Kier alpha value is -2.16. The van der Waals surface area contributed by atoms with E-state index in [1.54, 1.807) is 6.92 Å². The van der Waals surface area contributed by atoms with Crippen LogP contribution in [0.5, 0.6) is 0 Å². The first kappa shape index (κ1) is 19.9. The van der Waals surface area contributed by atoms with E-state index >= 15 is 0 Å². The molecule has 0 bridgehead atoms. The van der Waals surface area contributed by atoms with Crippen molar-refractivity contribution in [3.05, 3.63) is 58.7 Å². The SMILES string of the molecule is COC(=O)/C=C(C)/C=C/C=C(C)/C=C/C1=C(C(C)=O)CCC1(C)C. The molecular weight excluding hydrogens is 300 g/mol. The molecule has 3 nitrogen and oxygen atoms in total. The van der Waals surface area contributed by atoms with Crippen LogP contribution in [0, 0.1) is 5.41 Å². The summed E-state index contributed by atoms with van der Waals surface area (Å²) in [6.07, 6.45) is 13.2. The van der Waals surface area contributed by atoms with E-state index in [2.05, 4.69) is 24.7 Å². The zero-order chi connectivity index (χ0) is 18.3. The van der Waals surface area contributed by atoms with Crippen LogP contribution < -0.4 is 0 Å². The van der Waals surface area contributed by atoms with Crippen LogP contribution in [0.2, 0.25) is 0 Å². The number of Topliss-reactive ketones (excluding diaryl/α,β-unsaturated/α-hetero) is 1. The molecule has 1 aliphatic carbocycles. The van der Waals surface area contributed by atoms with Gasteiger partial charge in [0, 0.05) is 6.08 Å². The average Bonchev–Trinajstić information content (AvgIpc) is 2.79. The maximum absolute atomic E-state index is 11.8. The number of methoxy groups -OCH3 is 1. The van der Waals surface area contributed by atoms with E-state index in [1.165, 1.54) is 13.2 Å². The monoisotopic (exact) mass is 328 g/mol. The van der Waals surface area contributed by atoms with Gasteiger partial charge in [0.2, 0.25) is 0 Å². The van der Waals surface area contributed by atoms with Crippen molar-refractivity contribution in [1.29, 1.82) is 0 Å². The highest BCUT2D eigenvalue weighted by molar-refractivity contribution is 5.95. The van der Waals surface area contributed by atoms with E-state index in [0.29, 0.717) is 0 Å². The van der Waals surface area contributed by atoms with Gasteiger partial charge in [0.1, 0.15) is 0 Å². The maximum atomic E-state index is 11.8. The Bertz CT molecular complexity index is 653. The number of hydrogen-bond donors (Lipinski definition) is 0. The molecule has 130 valence electrons. The van der Waals surface area contributed by atoms with Gasteiger partial charge in [-0.25, -0.2) is 4.79 Å². The minimum absolute atomic E-state index is 0.0491. The van der Waals surface area contributed by atoms with Gasteiger partial charge in [-0.3, -0.25) is 4.79 Å². The number of allylic oxidation sites excluding steroid dienone is 9. The molecule has 0 aliphatic heterocycles. The molecule has 0 saturated carbocycles. The van der Waals surface area contributed by atoms with Crippen molar-refractivity contribution in [3.8, 4) is 0 Å². The number of esters is 1. The maximum Gasteiger partial charge on any atom is 0.330 e. The molecule has 0 heterocycles. The van der Waals surface area contributed by atoms with Gasteiger partial charge in [0.05, 0.1) is 7.11 Å². The van der Waals surface area contributed by atoms with E-state index < -0.39 is 0 Å². The summed E-state index contributed by atoms with van der Waals surface area (Å²) in [5.74, 6) is -0.185. The molecule has 0 N–H and O–H groups in total. The minimum Gasteiger partial charge on any atom is -0.466 e. The van der Waals surface area contributed by atoms with Crippen LogP contribution in [0.15, 0.2) is 58.7 Å². The van der Waals surface area contributed by atoms with Gasteiger partial charge < -0.3 is 4.74 Å². The van der Waals surface area contributed by atoms with Gasteiger partial charge in [-0.15, -0.1) is 0 Å². The van der Waals surface area contributed by atoms with Gasteiger partial charge in [0.15, 0.2) is 5.78 Å². The quantitative estimate of drug-likeness (QED) is 0.397. The number of carbonyl (C=O) groups excluding carboxylic acids is 2. The molecule has 3 heteroatoms. The van der Waals surface area contributed by atoms with Gasteiger partial charge in [-0.2, -0.15) is 0 Å². The number of ether oxygens (including phenoxy) is 1. The van der Waals surface area contributed by atoms with Gasteiger partial charge in [-0.05, 0) is 55.7 Å². The lowest BCUT2D eigenvalue weighted by atomic mass is 9.84. The smallest absolute Gasteiger partial charge is 0.330 e. The molecule has 0 aromatic carbocycles. The third-order valence-electron chi connectivity index (χ3n) is 4.26. The molecule has 0 atom stereocenters. The number of carbonyl (C=O) groups is 2. The lowest BCUT2D eigenvalue weighted by molar-refractivity contribution is -0.134. The molecule has 0 aromatic rings. The van der Waals surface area contributed by atoms with Crippen LogP contribution in [0.4, 0.5) is 0 Å². The van der Waals surface area contributed by atoms with Crippen molar-refractivity contribution < 1.29 is 14.3 Å². The van der Waals surface area contributed by atoms with Crippen LogP contribution in [0.25, 0.3) is 0 Å². The molecule has 0 saturated heterocycles. The predicted octanol–water partition coefficient (Wildman–Crippen LogP) is 4.87. The van der Waals surface area contributed by atoms with Gasteiger partial charge in [0.25, 0.3) is 0 Å². The zero-order valence-electron chi connectivity index (χ0n) is 15.6. The highest BCUT2D eigenvalue weighted by atomic mass is 16.5. The third-order valence-corrected chi connectivity index (χ3v) is 4.26. The number of hydrogen-bond acceptors (Lipinski definition) is 3. The molecule has 0 amide bonds. The predicted molar refractivity (Wildman–Crippen MR) is 98.5 cm³/mol. The minimum atomic E-state index is -0.357. The summed E-state index contributed by atoms with van der Waals surface area (Å²) < 4.78 is 4.58. The normalized spacial score (nSPS) is 18.8. The lowest BCUT2D eigenvalue weighted by Crippen LogP contribution is -2.09.